The molecule has 1 N–H and O–H groups in total. The molecular weight excluding hydrogens is 336 g/mol. The molecule has 22 heavy (non-hydrogen) atoms. The van der Waals surface area contributed by atoms with Crippen molar-refractivity contribution in [2.24, 2.45) is 10.1 Å². The van der Waals surface area contributed by atoms with E-state index in [-0.39, 0.29) is 17.3 Å². The maximum Gasteiger partial charge on any atom is 0.283 e. The van der Waals surface area contributed by atoms with Crippen LogP contribution >= 0.6 is 34.4 Å². The van der Waals surface area contributed by atoms with Gasteiger partial charge in [0.25, 0.3) is 5.91 Å². The number of aliphatic imine (C=N–C) groups is 1. The number of amidine groups is 2. The monoisotopic (exact) mass is 344 g/mol. The zero-order valence-corrected chi connectivity index (χ0v) is 13.5. The van der Waals surface area contributed by atoms with E-state index >= 15 is 0 Å². The van der Waals surface area contributed by atoms with E-state index in [2.05, 4.69) is 10.1 Å². The highest BCUT2D eigenvalue weighted by Crippen LogP contribution is 2.32. The van der Waals surface area contributed by atoms with Crippen molar-refractivity contribution in [2.75, 3.05) is 0 Å². The number of rotatable bonds is 2. The Kier molecular flexibility index (Phi) is 3.29. The largest absolute Gasteiger partial charge is 0.283 e. The van der Waals surface area contributed by atoms with Crippen LogP contribution in [0.15, 0.2) is 50.7 Å². The fourth-order valence-corrected chi connectivity index (χ4v) is 4.35. The van der Waals surface area contributed by atoms with Crippen molar-refractivity contribution in [3.8, 4) is 0 Å². The van der Waals surface area contributed by atoms with Gasteiger partial charge >= 0.3 is 0 Å². The van der Waals surface area contributed by atoms with Crippen LogP contribution in [-0.2, 0) is 4.79 Å². The maximum absolute atomic E-state index is 12.2. The van der Waals surface area contributed by atoms with Gasteiger partial charge in [0.2, 0.25) is 5.17 Å². The SMILES string of the molecule is N=C1C(=Cc2cccs2)C(=O)N=C2SC(c3cccs3)=NN12. The van der Waals surface area contributed by atoms with E-state index in [4.69, 9.17) is 5.41 Å². The minimum absolute atomic E-state index is 0.0717. The smallest absolute Gasteiger partial charge is 0.282 e. The van der Waals surface area contributed by atoms with Crippen molar-refractivity contribution in [1.29, 1.82) is 5.41 Å². The molecule has 0 bridgehead atoms. The number of carbonyl (C=O) groups is 1. The first-order valence-electron chi connectivity index (χ1n) is 6.30. The fourth-order valence-electron chi connectivity index (χ4n) is 2.01. The molecule has 0 saturated heterocycles. The zero-order valence-electron chi connectivity index (χ0n) is 11.0. The minimum atomic E-state index is -0.389. The van der Waals surface area contributed by atoms with E-state index in [0.29, 0.717) is 5.17 Å². The second kappa shape index (κ2) is 5.31. The number of hydrogen-bond acceptors (Lipinski definition) is 6. The summed E-state index contributed by atoms with van der Waals surface area (Å²) in [5.41, 5.74) is 0.267. The van der Waals surface area contributed by atoms with Gasteiger partial charge in [-0.05, 0) is 40.7 Å². The third-order valence-corrected chi connectivity index (χ3v) is 5.78. The summed E-state index contributed by atoms with van der Waals surface area (Å²) in [6.07, 6.45) is 1.69. The number of thioether (sulfide) groups is 1. The van der Waals surface area contributed by atoms with Gasteiger partial charge in [-0.1, -0.05) is 12.1 Å². The summed E-state index contributed by atoms with van der Waals surface area (Å²) in [6.45, 7) is 0. The quantitative estimate of drug-likeness (QED) is 0.848. The molecule has 8 heteroatoms. The van der Waals surface area contributed by atoms with Crippen LogP contribution in [0.2, 0.25) is 0 Å². The predicted molar refractivity (Wildman–Crippen MR) is 92.8 cm³/mol. The lowest BCUT2D eigenvalue weighted by Crippen LogP contribution is -2.35. The molecule has 0 aromatic carbocycles. The minimum Gasteiger partial charge on any atom is -0.282 e. The molecule has 1 amide bonds. The first-order valence-corrected chi connectivity index (χ1v) is 8.87. The Morgan fingerprint density at radius 3 is 2.73 bits per heavy atom. The molecule has 4 rings (SSSR count). The highest BCUT2D eigenvalue weighted by atomic mass is 32.2. The summed E-state index contributed by atoms with van der Waals surface area (Å²) in [4.78, 5) is 18.2. The van der Waals surface area contributed by atoms with E-state index < -0.39 is 0 Å². The first-order chi connectivity index (χ1) is 10.7. The third-order valence-electron chi connectivity index (χ3n) is 3.02. The predicted octanol–water partition coefficient (Wildman–Crippen LogP) is 3.48. The van der Waals surface area contributed by atoms with Crippen molar-refractivity contribution in [3.05, 3.63) is 50.4 Å². The average Bonchev–Trinajstić information content (AvgIpc) is 3.23. The molecule has 2 aromatic heterocycles. The molecule has 2 aliphatic rings. The Labute approximate surface area is 138 Å². The number of hydrazone groups is 1. The van der Waals surface area contributed by atoms with Crippen LogP contribution in [0, 0.1) is 5.41 Å². The molecule has 2 aromatic rings. The van der Waals surface area contributed by atoms with Crippen LogP contribution in [-0.4, -0.2) is 27.0 Å². The van der Waals surface area contributed by atoms with Gasteiger partial charge in [0.15, 0.2) is 5.84 Å². The number of fused-ring (bicyclic) bond motifs is 1. The highest BCUT2D eigenvalue weighted by Gasteiger charge is 2.36. The third kappa shape index (κ3) is 2.25. The van der Waals surface area contributed by atoms with Gasteiger partial charge in [0, 0.05) is 4.88 Å². The lowest BCUT2D eigenvalue weighted by molar-refractivity contribution is -0.114. The number of carbonyl (C=O) groups excluding carboxylic acids is 1. The van der Waals surface area contributed by atoms with Gasteiger partial charge in [0.05, 0.1) is 10.5 Å². The van der Waals surface area contributed by atoms with E-state index in [9.17, 15) is 4.79 Å². The number of thiophene rings is 2. The summed E-state index contributed by atoms with van der Waals surface area (Å²) < 4.78 is 0. The van der Waals surface area contributed by atoms with Crippen LogP contribution in [0.4, 0.5) is 0 Å². The number of nitrogens with zero attached hydrogens (tertiary/aromatic N) is 3. The molecule has 0 unspecified atom stereocenters. The Morgan fingerprint density at radius 1 is 1.18 bits per heavy atom. The van der Waals surface area contributed by atoms with Gasteiger partial charge in [-0.25, -0.2) is 0 Å². The molecule has 0 saturated carbocycles. The van der Waals surface area contributed by atoms with Crippen LogP contribution in [0.1, 0.15) is 9.75 Å². The Balaban J connectivity index is 1.72. The first kappa shape index (κ1) is 13.6. The normalized spacial score (nSPS) is 19.5. The molecular formula is C14H8N4OS3. The van der Waals surface area contributed by atoms with Crippen molar-refractivity contribution >= 4 is 62.5 Å². The fraction of sp³-hybridized carbons (Fsp3) is 0. The molecule has 4 heterocycles. The Hall–Kier alpha value is -2.03. The molecule has 0 radical (unpaired) electrons. The molecule has 0 fully saturated rings. The summed E-state index contributed by atoms with van der Waals surface area (Å²) in [6, 6.07) is 7.71. The van der Waals surface area contributed by atoms with Crippen molar-refractivity contribution in [1.82, 2.24) is 5.01 Å². The van der Waals surface area contributed by atoms with E-state index in [1.54, 1.807) is 17.4 Å². The second-order valence-corrected chi connectivity index (χ2v) is 7.30. The molecule has 0 atom stereocenters. The topological polar surface area (TPSA) is 68.9 Å². The molecule has 2 aliphatic heterocycles. The Bertz CT molecular complexity index is 847. The van der Waals surface area contributed by atoms with Crippen molar-refractivity contribution in [3.63, 3.8) is 0 Å². The van der Waals surface area contributed by atoms with Crippen LogP contribution in [0.5, 0.6) is 0 Å². The van der Waals surface area contributed by atoms with E-state index in [1.807, 2.05) is 35.0 Å². The summed E-state index contributed by atoms with van der Waals surface area (Å²) in [5.74, 6) is -0.317. The van der Waals surface area contributed by atoms with E-state index in [0.717, 1.165) is 14.8 Å². The maximum atomic E-state index is 12.2. The van der Waals surface area contributed by atoms with Gasteiger partial charge in [-0.15, -0.1) is 22.7 Å². The van der Waals surface area contributed by atoms with Crippen LogP contribution in [0.25, 0.3) is 6.08 Å². The van der Waals surface area contributed by atoms with Gasteiger partial charge in [-0.3, -0.25) is 10.2 Å². The summed E-state index contributed by atoms with van der Waals surface area (Å²) in [5, 5.41) is 19.2. The lowest BCUT2D eigenvalue weighted by Gasteiger charge is -2.19. The number of nitrogens with one attached hydrogen (secondary N) is 1. The van der Waals surface area contributed by atoms with Crippen LogP contribution < -0.4 is 0 Å². The number of hydrogen-bond donors (Lipinski definition) is 1. The average molecular weight is 344 g/mol. The van der Waals surface area contributed by atoms with Gasteiger partial charge in [-0.2, -0.15) is 15.1 Å². The Morgan fingerprint density at radius 2 is 2.00 bits per heavy atom. The van der Waals surface area contributed by atoms with Gasteiger partial charge < -0.3 is 0 Å². The van der Waals surface area contributed by atoms with Gasteiger partial charge in [0.1, 0.15) is 5.04 Å². The van der Waals surface area contributed by atoms with Crippen molar-refractivity contribution in [2.45, 2.75) is 0 Å². The molecule has 0 spiro atoms. The lowest BCUT2D eigenvalue weighted by atomic mass is 10.1. The van der Waals surface area contributed by atoms with Crippen molar-refractivity contribution < 1.29 is 4.79 Å². The highest BCUT2D eigenvalue weighted by molar-refractivity contribution is 8.27. The molecule has 108 valence electrons. The van der Waals surface area contributed by atoms with Crippen LogP contribution in [0.3, 0.4) is 0 Å². The summed E-state index contributed by atoms with van der Waals surface area (Å²) >= 11 is 4.40. The molecule has 5 nitrogen and oxygen atoms in total. The summed E-state index contributed by atoms with van der Waals surface area (Å²) in [7, 11) is 0. The number of amides is 1. The van der Waals surface area contributed by atoms with E-state index in [1.165, 1.54) is 28.1 Å². The second-order valence-electron chi connectivity index (χ2n) is 4.42. The standard InChI is InChI=1S/C14H8N4OS3/c15-11-9(7-8-3-1-5-20-8)12(19)16-14-18(11)17-13(22-14)10-4-2-6-21-10/h1-7,15H. The zero-order chi connectivity index (χ0) is 15.1. The molecule has 0 aliphatic carbocycles.